The lowest BCUT2D eigenvalue weighted by Crippen LogP contribution is -2.35. The van der Waals surface area contributed by atoms with Crippen LogP contribution in [-0.2, 0) is 9.53 Å². The van der Waals surface area contributed by atoms with Crippen molar-refractivity contribution in [1.29, 1.82) is 0 Å². The third-order valence-electron chi connectivity index (χ3n) is 4.57. The second-order valence-electron chi connectivity index (χ2n) is 6.28. The molecule has 9 heteroatoms. The van der Waals surface area contributed by atoms with E-state index in [9.17, 15) is 18.0 Å². The van der Waals surface area contributed by atoms with Crippen molar-refractivity contribution >= 4 is 28.4 Å². The van der Waals surface area contributed by atoms with Gasteiger partial charge in [-0.2, -0.15) is 13.2 Å². The highest BCUT2D eigenvalue weighted by Gasteiger charge is 2.48. The van der Waals surface area contributed by atoms with Gasteiger partial charge in [-0.25, -0.2) is 15.0 Å². The number of fused-ring (bicyclic) bond motifs is 4. The number of rotatable bonds is 2. The molecule has 2 aromatic carbocycles. The molecule has 0 radical (unpaired) electrons. The van der Waals surface area contributed by atoms with E-state index >= 15 is 0 Å². The van der Waals surface area contributed by atoms with E-state index in [1.165, 1.54) is 25.3 Å². The molecule has 0 fully saturated rings. The van der Waals surface area contributed by atoms with Gasteiger partial charge in [-0.1, -0.05) is 12.1 Å². The number of ether oxygens (including phenoxy) is 2. The lowest BCUT2D eigenvalue weighted by molar-refractivity contribution is -0.142. The molecular weight excluding hydrogens is 387 g/mol. The van der Waals surface area contributed by atoms with E-state index in [1.807, 2.05) is 0 Å². The van der Waals surface area contributed by atoms with Gasteiger partial charge >= 0.3 is 12.1 Å². The van der Waals surface area contributed by atoms with Gasteiger partial charge in [0.15, 0.2) is 0 Å². The van der Waals surface area contributed by atoms with Gasteiger partial charge < -0.3 is 9.47 Å². The van der Waals surface area contributed by atoms with Crippen LogP contribution >= 0.6 is 0 Å². The average Bonchev–Trinajstić information content (AvgIpc) is 2.85. The maximum atomic E-state index is 13.9. The molecule has 0 saturated heterocycles. The Balaban J connectivity index is 2.14. The van der Waals surface area contributed by atoms with Crippen LogP contribution in [0.2, 0.25) is 0 Å². The summed E-state index contributed by atoms with van der Waals surface area (Å²) in [5.41, 5.74) is -0.234. The number of alkyl halides is 3. The highest BCUT2D eigenvalue weighted by Crippen LogP contribution is 2.43. The lowest BCUT2D eigenvalue weighted by Gasteiger charge is -2.19. The van der Waals surface area contributed by atoms with Crippen molar-refractivity contribution in [3.05, 3.63) is 48.2 Å². The molecule has 0 saturated carbocycles. The molecule has 1 aliphatic rings. The number of nitrogens with zero attached hydrogens (tertiary/aromatic N) is 3. The molecule has 148 valence electrons. The normalized spacial score (nSPS) is 15.8. The van der Waals surface area contributed by atoms with Crippen LogP contribution in [0.25, 0.3) is 22.3 Å². The van der Waals surface area contributed by atoms with Crippen molar-refractivity contribution in [2.45, 2.75) is 12.1 Å². The number of methoxy groups -OCH3 is 2. The quantitative estimate of drug-likeness (QED) is 0.602. The molecule has 3 aromatic rings. The molecule has 2 heterocycles. The minimum Gasteiger partial charge on any atom is -0.497 e. The fourth-order valence-corrected chi connectivity index (χ4v) is 3.23. The topological polar surface area (TPSA) is 73.7 Å². The summed E-state index contributed by atoms with van der Waals surface area (Å²) in [7, 11) is 2.46. The van der Waals surface area contributed by atoms with Crippen LogP contribution in [0.1, 0.15) is 11.6 Å². The van der Waals surface area contributed by atoms with Crippen LogP contribution in [0.5, 0.6) is 5.75 Å². The summed E-state index contributed by atoms with van der Waals surface area (Å²) in [6.45, 7) is 0. The fraction of sp³-hybridized carbons (Fsp3) is 0.200. The maximum Gasteiger partial charge on any atom is 0.430 e. The Labute approximate surface area is 163 Å². The first-order valence-electron chi connectivity index (χ1n) is 8.52. The highest BCUT2D eigenvalue weighted by atomic mass is 19.4. The summed E-state index contributed by atoms with van der Waals surface area (Å²) in [5, 5.41) is 0. The first-order chi connectivity index (χ1) is 13.8. The summed E-state index contributed by atoms with van der Waals surface area (Å²) in [6, 6.07) is 11.1. The third-order valence-corrected chi connectivity index (χ3v) is 4.57. The number of aromatic nitrogens is 2. The van der Waals surface area contributed by atoms with Crippen molar-refractivity contribution < 1.29 is 27.4 Å². The van der Waals surface area contributed by atoms with Crippen molar-refractivity contribution in [1.82, 2.24) is 9.97 Å². The van der Waals surface area contributed by atoms with Crippen LogP contribution in [-0.4, -0.2) is 42.0 Å². The first kappa shape index (κ1) is 18.9. The summed E-state index contributed by atoms with van der Waals surface area (Å²) in [4.78, 5) is 25.1. The zero-order valence-electron chi connectivity index (χ0n) is 15.3. The summed E-state index contributed by atoms with van der Waals surface area (Å²) in [6.07, 6.45) is -4.88. The minimum atomic E-state index is -4.88. The summed E-state index contributed by atoms with van der Waals surface area (Å²) >= 11 is 0. The minimum absolute atomic E-state index is 0.00959. The van der Waals surface area contributed by atoms with E-state index in [2.05, 4.69) is 19.7 Å². The Morgan fingerprint density at radius 1 is 1.03 bits per heavy atom. The van der Waals surface area contributed by atoms with E-state index < -0.39 is 23.8 Å². The van der Waals surface area contributed by atoms with Crippen molar-refractivity contribution in [3.8, 4) is 17.0 Å². The zero-order valence-corrected chi connectivity index (χ0v) is 15.3. The number of para-hydroxylation sites is 2. The van der Waals surface area contributed by atoms with Crippen molar-refractivity contribution in [2.75, 3.05) is 14.2 Å². The van der Waals surface area contributed by atoms with Gasteiger partial charge in [-0.05, 0) is 30.3 Å². The predicted octanol–water partition coefficient (Wildman–Crippen LogP) is 4.21. The van der Waals surface area contributed by atoms with Crippen LogP contribution in [0.15, 0.2) is 47.5 Å². The van der Waals surface area contributed by atoms with E-state index in [1.54, 1.807) is 24.3 Å². The fourth-order valence-electron chi connectivity index (χ4n) is 3.23. The molecular formula is C20H14F3N3O3. The largest absolute Gasteiger partial charge is 0.497 e. The van der Waals surface area contributed by atoms with Gasteiger partial charge in [0.05, 0.1) is 42.3 Å². The van der Waals surface area contributed by atoms with E-state index in [4.69, 9.17) is 4.74 Å². The number of esters is 1. The van der Waals surface area contributed by atoms with E-state index in [0.717, 1.165) is 7.11 Å². The molecule has 0 spiro atoms. The highest BCUT2D eigenvalue weighted by molar-refractivity contribution is 6.13. The molecule has 1 atom stereocenters. The number of hydrogen-bond donors (Lipinski definition) is 0. The first-order valence-corrected chi connectivity index (χ1v) is 8.52. The number of carbonyl (C=O) groups is 1. The van der Waals surface area contributed by atoms with Crippen LogP contribution in [0.3, 0.4) is 0 Å². The van der Waals surface area contributed by atoms with Crippen LogP contribution in [0, 0.1) is 0 Å². The predicted molar refractivity (Wildman–Crippen MR) is 99.4 cm³/mol. The molecule has 6 nitrogen and oxygen atoms in total. The molecule has 0 aliphatic carbocycles. The second-order valence-corrected chi connectivity index (χ2v) is 6.28. The number of hydrogen-bond acceptors (Lipinski definition) is 6. The standard InChI is InChI=1S/C20H14F3N3O3/c1-28-10-7-8-12-11(9-10)16-17(25-14-6-4-3-5-13(14)24-16)15(19(27)29-2)18(26-12)20(21,22)23/h3-9,15H,1-2H3. The van der Waals surface area contributed by atoms with Gasteiger partial charge in [-0.15, -0.1) is 0 Å². The monoisotopic (exact) mass is 401 g/mol. The van der Waals surface area contributed by atoms with Gasteiger partial charge in [0.1, 0.15) is 17.4 Å². The molecule has 1 aliphatic heterocycles. The Hall–Kier alpha value is -3.49. The molecule has 4 rings (SSSR count). The van der Waals surface area contributed by atoms with Gasteiger partial charge in [-0.3, -0.25) is 4.79 Å². The number of benzene rings is 2. The Bertz CT molecular complexity index is 1160. The van der Waals surface area contributed by atoms with Crippen molar-refractivity contribution in [3.63, 3.8) is 0 Å². The Morgan fingerprint density at radius 2 is 1.72 bits per heavy atom. The second kappa shape index (κ2) is 6.84. The molecule has 0 amide bonds. The van der Waals surface area contributed by atoms with Crippen molar-refractivity contribution in [2.24, 2.45) is 4.99 Å². The van der Waals surface area contributed by atoms with Gasteiger partial charge in [0.25, 0.3) is 0 Å². The van der Waals surface area contributed by atoms with Gasteiger partial charge in [0, 0.05) is 5.56 Å². The van der Waals surface area contributed by atoms with E-state index in [0.29, 0.717) is 16.8 Å². The van der Waals surface area contributed by atoms with Crippen LogP contribution < -0.4 is 4.74 Å². The van der Waals surface area contributed by atoms with Crippen LogP contribution in [0.4, 0.5) is 18.9 Å². The maximum absolute atomic E-state index is 13.9. The Morgan fingerprint density at radius 3 is 2.34 bits per heavy atom. The summed E-state index contributed by atoms with van der Waals surface area (Å²) < 4.78 is 51.6. The summed E-state index contributed by atoms with van der Waals surface area (Å²) in [5.74, 6) is -2.58. The zero-order chi connectivity index (χ0) is 20.8. The Kier molecular flexibility index (Phi) is 4.45. The average molecular weight is 401 g/mol. The van der Waals surface area contributed by atoms with E-state index in [-0.39, 0.29) is 22.6 Å². The molecule has 1 unspecified atom stereocenters. The molecule has 0 N–H and O–H groups in total. The smallest absolute Gasteiger partial charge is 0.430 e. The molecule has 29 heavy (non-hydrogen) atoms. The lowest BCUT2D eigenvalue weighted by atomic mass is 9.95. The number of aliphatic imine (C=N–C) groups is 1. The molecule has 0 bridgehead atoms. The third kappa shape index (κ3) is 3.18. The van der Waals surface area contributed by atoms with Gasteiger partial charge in [0.2, 0.25) is 0 Å². The SMILES string of the molecule is COC(=O)C1C(C(F)(F)F)=Nc2ccc(OC)cc2-c2nc3ccccc3nc21. The molecule has 1 aromatic heterocycles. The number of carbonyl (C=O) groups excluding carboxylic acids is 1. The number of halogens is 3.